The Bertz CT molecular complexity index is 1170. The van der Waals surface area contributed by atoms with Crippen molar-refractivity contribution < 1.29 is 37.3 Å². The summed E-state index contributed by atoms with van der Waals surface area (Å²) in [6.45, 7) is 5.29. The van der Waals surface area contributed by atoms with Crippen LogP contribution in [0.3, 0.4) is 0 Å². The van der Waals surface area contributed by atoms with Gasteiger partial charge in [-0.05, 0) is 77.0 Å². The Balaban J connectivity index is 4.11. The molecular formula is C53H98NO7P. The summed E-state index contributed by atoms with van der Waals surface area (Å²) in [7, 11) is 1.35. The molecule has 2 unspecified atom stereocenters. The zero-order valence-corrected chi connectivity index (χ0v) is 42.0. The fourth-order valence-electron chi connectivity index (χ4n) is 6.89. The minimum atomic E-state index is -4.53. The van der Waals surface area contributed by atoms with Crippen LogP contribution >= 0.6 is 7.82 Å². The molecule has 0 aromatic heterocycles. The van der Waals surface area contributed by atoms with E-state index in [4.69, 9.17) is 18.5 Å². The van der Waals surface area contributed by atoms with E-state index in [9.17, 15) is 14.3 Å². The van der Waals surface area contributed by atoms with Crippen molar-refractivity contribution in [2.45, 2.75) is 219 Å². The summed E-state index contributed by atoms with van der Waals surface area (Å²) in [5.74, 6) is -0.339. The average Bonchev–Trinajstić information content (AvgIpc) is 3.23. The standard InChI is InChI=1S/C53H98NO7P/c1-6-8-10-12-14-16-18-20-22-23-24-25-26-27-28-29-30-31-32-34-36-38-40-42-44-46-53(55)61-52(51-60-62(56,57)59-49-47-54(3,4)5)50-58-48-45-43-41-39-37-35-33-21-19-17-15-13-11-9-7-2/h8,10,14,16,19-22,24-25,52H,6-7,9,11-13,15,17-18,23,26-51H2,1-5H3/b10-8-,16-14-,21-19-,22-20-,25-24-. The van der Waals surface area contributed by atoms with Crippen molar-refractivity contribution in [2.24, 2.45) is 0 Å². The van der Waals surface area contributed by atoms with Crippen LogP contribution in [0.25, 0.3) is 0 Å². The molecule has 8 nitrogen and oxygen atoms in total. The van der Waals surface area contributed by atoms with Gasteiger partial charge in [-0.15, -0.1) is 0 Å². The molecule has 9 heteroatoms. The fourth-order valence-corrected chi connectivity index (χ4v) is 7.61. The highest BCUT2D eigenvalue weighted by atomic mass is 31.2. The van der Waals surface area contributed by atoms with Gasteiger partial charge in [0.1, 0.15) is 19.3 Å². The number of hydrogen-bond acceptors (Lipinski definition) is 7. The summed E-state index contributed by atoms with van der Waals surface area (Å²) in [4.78, 5) is 25.2. The topological polar surface area (TPSA) is 94.1 Å². The van der Waals surface area contributed by atoms with Gasteiger partial charge in [0.2, 0.25) is 0 Å². The van der Waals surface area contributed by atoms with Crippen molar-refractivity contribution in [1.29, 1.82) is 0 Å². The number of carbonyl (C=O) groups is 1. The molecule has 0 saturated heterocycles. The molecule has 0 radical (unpaired) electrons. The smallest absolute Gasteiger partial charge is 0.306 e. The van der Waals surface area contributed by atoms with Crippen molar-refractivity contribution in [3.63, 3.8) is 0 Å². The number of esters is 1. The number of allylic oxidation sites excluding steroid dienone is 10. The van der Waals surface area contributed by atoms with Crippen LogP contribution in [0.1, 0.15) is 213 Å². The van der Waals surface area contributed by atoms with Crippen LogP contribution in [0.15, 0.2) is 60.8 Å². The second kappa shape index (κ2) is 45.8. The van der Waals surface area contributed by atoms with E-state index in [1.807, 2.05) is 21.1 Å². The lowest BCUT2D eigenvalue weighted by atomic mass is 10.0. The summed E-state index contributed by atoms with van der Waals surface area (Å²) >= 11 is 0. The first-order chi connectivity index (χ1) is 30.1. The Morgan fingerprint density at radius 2 is 0.935 bits per heavy atom. The number of nitrogens with zero attached hydrogens (tertiary/aromatic N) is 1. The highest BCUT2D eigenvalue weighted by Crippen LogP contribution is 2.38. The molecule has 0 amide bonds. The van der Waals surface area contributed by atoms with E-state index in [0.29, 0.717) is 24.1 Å². The Hall–Kier alpha value is -1.80. The molecule has 0 aliphatic heterocycles. The number of ether oxygens (including phenoxy) is 2. The minimum absolute atomic E-state index is 0.0232. The van der Waals surface area contributed by atoms with Crippen molar-refractivity contribution in [1.82, 2.24) is 0 Å². The molecule has 0 fully saturated rings. The molecule has 62 heavy (non-hydrogen) atoms. The normalized spacial score (nSPS) is 14.1. The number of unbranched alkanes of at least 4 members (excludes halogenated alkanes) is 23. The van der Waals surface area contributed by atoms with Gasteiger partial charge in [-0.2, -0.15) is 0 Å². The third-order valence-corrected chi connectivity index (χ3v) is 11.8. The third kappa shape index (κ3) is 49.2. The number of phosphoric ester groups is 1. The molecule has 0 N–H and O–H groups in total. The van der Waals surface area contributed by atoms with Gasteiger partial charge in [-0.25, -0.2) is 0 Å². The summed E-state index contributed by atoms with van der Waals surface area (Å²) in [6.07, 6.45) is 58.1. The Morgan fingerprint density at radius 3 is 1.42 bits per heavy atom. The van der Waals surface area contributed by atoms with Crippen LogP contribution in [0.2, 0.25) is 0 Å². The number of rotatable bonds is 47. The molecule has 0 saturated carbocycles. The maximum atomic E-state index is 12.7. The summed E-state index contributed by atoms with van der Waals surface area (Å²) in [5, 5.41) is 0. The van der Waals surface area contributed by atoms with Crippen LogP contribution in [0, 0.1) is 0 Å². The number of carbonyl (C=O) groups excluding carboxylic acids is 1. The van der Waals surface area contributed by atoms with Gasteiger partial charge < -0.3 is 27.9 Å². The lowest BCUT2D eigenvalue weighted by Crippen LogP contribution is -2.37. The third-order valence-electron chi connectivity index (χ3n) is 10.8. The minimum Gasteiger partial charge on any atom is -0.756 e. The molecule has 0 aromatic rings. The maximum absolute atomic E-state index is 12.7. The predicted molar refractivity (Wildman–Crippen MR) is 263 cm³/mol. The Morgan fingerprint density at radius 1 is 0.516 bits per heavy atom. The van der Waals surface area contributed by atoms with E-state index in [0.717, 1.165) is 57.8 Å². The van der Waals surface area contributed by atoms with Gasteiger partial charge in [0.05, 0.1) is 34.4 Å². The number of quaternary nitrogens is 1. The van der Waals surface area contributed by atoms with Gasteiger partial charge in [0.25, 0.3) is 7.82 Å². The lowest BCUT2D eigenvalue weighted by molar-refractivity contribution is -0.870. The SMILES string of the molecule is CC/C=C\C/C=C\C/C=C\C/C=C\CCCCCCCCCCCCCCC(=O)OC(COCCCCCCCC/C=C\CCCCCCC)COP(=O)([O-])OCC[N+](C)(C)C. The summed E-state index contributed by atoms with van der Waals surface area (Å²) in [6, 6.07) is 0. The van der Waals surface area contributed by atoms with E-state index in [1.165, 1.54) is 135 Å². The van der Waals surface area contributed by atoms with Crippen molar-refractivity contribution >= 4 is 13.8 Å². The summed E-state index contributed by atoms with van der Waals surface area (Å²) < 4.78 is 34.7. The van der Waals surface area contributed by atoms with Crippen LogP contribution in [0.4, 0.5) is 0 Å². The van der Waals surface area contributed by atoms with E-state index < -0.39 is 13.9 Å². The fraction of sp³-hybridized carbons (Fsp3) is 0.792. The quantitative estimate of drug-likeness (QED) is 0.0197. The summed E-state index contributed by atoms with van der Waals surface area (Å²) in [5.41, 5.74) is 0. The molecule has 362 valence electrons. The van der Waals surface area contributed by atoms with Crippen molar-refractivity contribution in [3.8, 4) is 0 Å². The van der Waals surface area contributed by atoms with E-state index in [2.05, 4.69) is 74.6 Å². The van der Waals surface area contributed by atoms with E-state index in [1.54, 1.807) is 0 Å². The van der Waals surface area contributed by atoms with Gasteiger partial charge in [-0.3, -0.25) is 9.36 Å². The molecular weight excluding hydrogens is 794 g/mol. The van der Waals surface area contributed by atoms with Crippen molar-refractivity contribution in [3.05, 3.63) is 60.8 Å². The zero-order chi connectivity index (χ0) is 45.5. The number of hydrogen-bond donors (Lipinski definition) is 0. The van der Waals surface area contributed by atoms with Gasteiger partial charge in [0.15, 0.2) is 0 Å². The maximum Gasteiger partial charge on any atom is 0.306 e. The molecule has 0 heterocycles. The highest BCUT2D eigenvalue weighted by molar-refractivity contribution is 7.45. The molecule has 0 aliphatic carbocycles. The van der Waals surface area contributed by atoms with Crippen LogP contribution in [-0.4, -0.2) is 70.7 Å². The van der Waals surface area contributed by atoms with Gasteiger partial charge in [-0.1, -0.05) is 190 Å². The second-order valence-electron chi connectivity index (χ2n) is 18.1. The molecule has 0 rings (SSSR count). The Kier molecular flexibility index (Phi) is 44.4. The molecule has 2 atom stereocenters. The molecule has 0 bridgehead atoms. The lowest BCUT2D eigenvalue weighted by Gasteiger charge is -2.28. The predicted octanol–water partition coefficient (Wildman–Crippen LogP) is 15.0. The van der Waals surface area contributed by atoms with Crippen LogP contribution in [0.5, 0.6) is 0 Å². The van der Waals surface area contributed by atoms with E-state index >= 15 is 0 Å². The molecule has 0 aliphatic rings. The van der Waals surface area contributed by atoms with Crippen molar-refractivity contribution in [2.75, 3.05) is 54.1 Å². The molecule has 0 spiro atoms. The Labute approximate surface area is 383 Å². The van der Waals surface area contributed by atoms with Crippen LogP contribution in [-0.2, 0) is 27.9 Å². The number of phosphoric acid groups is 1. The average molecular weight is 892 g/mol. The van der Waals surface area contributed by atoms with E-state index in [-0.39, 0.29) is 25.8 Å². The monoisotopic (exact) mass is 892 g/mol. The zero-order valence-electron chi connectivity index (χ0n) is 41.1. The first-order valence-electron chi connectivity index (χ1n) is 25.5. The highest BCUT2D eigenvalue weighted by Gasteiger charge is 2.20. The largest absolute Gasteiger partial charge is 0.756 e. The molecule has 0 aromatic carbocycles. The first-order valence-corrected chi connectivity index (χ1v) is 27.0. The number of likely N-dealkylation sites (N-methyl/N-ethyl adjacent to an activating group) is 1. The van der Waals surface area contributed by atoms with Crippen LogP contribution < -0.4 is 4.89 Å². The van der Waals surface area contributed by atoms with Gasteiger partial charge >= 0.3 is 5.97 Å². The second-order valence-corrected chi connectivity index (χ2v) is 19.6. The van der Waals surface area contributed by atoms with Gasteiger partial charge in [0, 0.05) is 13.0 Å². The first kappa shape index (κ1) is 60.2.